The number of rotatable bonds is 7. The predicted molar refractivity (Wildman–Crippen MR) is 66.6 cm³/mol. The molecule has 2 N–H and O–H groups in total. The van der Waals surface area contributed by atoms with E-state index in [1.165, 1.54) is 6.42 Å². The number of thiocarbonyl (C=S) groups is 1. The molecule has 1 atom stereocenters. The van der Waals surface area contributed by atoms with Crippen molar-refractivity contribution in [1.29, 1.82) is 0 Å². The van der Waals surface area contributed by atoms with E-state index in [1.807, 2.05) is 0 Å². The minimum Gasteiger partial charge on any atom is -0.393 e. The highest BCUT2D eigenvalue weighted by molar-refractivity contribution is 7.80. The normalized spacial score (nSPS) is 13.6. The minimum absolute atomic E-state index is 0.314. The van der Waals surface area contributed by atoms with Gasteiger partial charge in [0.15, 0.2) is 0 Å². The third kappa shape index (κ3) is 7.24. The average molecular weight is 217 g/mol. The topological polar surface area (TPSA) is 32.5 Å². The fourth-order valence-electron chi connectivity index (χ4n) is 1.31. The first-order valence-corrected chi connectivity index (χ1v) is 5.47. The van der Waals surface area contributed by atoms with Gasteiger partial charge in [-0.2, -0.15) is 0 Å². The molecular formula is C10H23N3S. The van der Waals surface area contributed by atoms with Gasteiger partial charge in [0, 0.05) is 12.5 Å². The van der Waals surface area contributed by atoms with Crippen LogP contribution in [0.25, 0.3) is 0 Å². The van der Waals surface area contributed by atoms with Crippen LogP contribution in [0.3, 0.4) is 0 Å². The van der Waals surface area contributed by atoms with Crippen molar-refractivity contribution in [1.82, 2.24) is 9.80 Å². The largest absolute Gasteiger partial charge is 0.393 e. The second-order valence-electron chi connectivity index (χ2n) is 4.22. The maximum absolute atomic E-state index is 5.56. The molecular weight excluding hydrogens is 194 g/mol. The van der Waals surface area contributed by atoms with Gasteiger partial charge in [0.05, 0.1) is 4.99 Å². The molecule has 0 heterocycles. The van der Waals surface area contributed by atoms with Crippen LogP contribution in [0.15, 0.2) is 0 Å². The van der Waals surface area contributed by atoms with Crippen molar-refractivity contribution in [3.05, 3.63) is 0 Å². The Balaban J connectivity index is 3.55. The number of hydrogen-bond donors (Lipinski definition) is 1. The van der Waals surface area contributed by atoms with Crippen LogP contribution in [0.2, 0.25) is 0 Å². The summed E-state index contributed by atoms with van der Waals surface area (Å²) in [5.41, 5.74) is 5.56. The molecule has 0 aliphatic heterocycles. The van der Waals surface area contributed by atoms with Crippen LogP contribution in [-0.4, -0.2) is 55.6 Å². The van der Waals surface area contributed by atoms with E-state index in [4.69, 9.17) is 18.0 Å². The molecule has 0 aliphatic rings. The average Bonchev–Trinajstić information content (AvgIpc) is 2.02. The molecule has 0 aromatic rings. The Morgan fingerprint density at radius 2 is 1.86 bits per heavy atom. The van der Waals surface area contributed by atoms with Crippen molar-refractivity contribution >= 4 is 17.2 Å². The maximum atomic E-state index is 5.56. The quantitative estimate of drug-likeness (QED) is 0.639. The van der Waals surface area contributed by atoms with E-state index in [2.05, 4.69) is 37.9 Å². The number of hydrogen-bond acceptors (Lipinski definition) is 3. The number of nitrogens with two attached hydrogens (primary N) is 1. The van der Waals surface area contributed by atoms with Crippen LogP contribution >= 0.6 is 12.2 Å². The standard InChI is InChI=1S/C10H23N3S/c1-9(10(11)14)8-13(4)7-5-6-12(2)3/h9H,5-8H2,1-4H3,(H2,11,14). The molecule has 0 aromatic carbocycles. The Hall–Kier alpha value is -0.190. The van der Waals surface area contributed by atoms with E-state index >= 15 is 0 Å². The zero-order valence-corrected chi connectivity index (χ0v) is 10.6. The Kier molecular flexibility index (Phi) is 7.05. The van der Waals surface area contributed by atoms with Gasteiger partial charge in [0.2, 0.25) is 0 Å². The first kappa shape index (κ1) is 13.8. The predicted octanol–water partition coefficient (Wildman–Crippen LogP) is 0.792. The van der Waals surface area contributed by atoms with Gasteiger partial charge in [-0.05, 0) is 40.7 Å². The Bertz CT molecular complexity index is 171. The summed E-state index contributed by atoms with van der Waals surface area (Å²) in [6.07, 6.45) is 1.19. The van der Waals surface area contributed by atoms with Gasteiger partial charge in [-0.1, -0.05) is 19.1 Å². The highest BCUT2D eigenvalue weighted by Crippen LogP contribution is 1.99. The van der Waals surface area contributed by atoms with Crippen molar-refractivity contribution < 1.29 is 0 Å². The molecule has 1 unspecified atom stereocenters. The van der Waals surface area contributed by atoms with Crippen molar-refractivity contribution in [2.45, 2.75) is 13.3 Å². The minimum atomic E-state index is 0.314. The molecule has 0 aromatic heterocycles. The zero-order valence-electron chi connectivity index (χ0n) is 9.79. The third-order valence-corrected chi connectivity index (χ3v) is 2.62. The van der Waals surface area contributed by atoms with Gasteiger partial charge in [0.25, 0.3) is 0 Å². The van der Waals surface area contributed by atoms with Crippen molar-refractivity contribution in [2.24, 2.45) is 11.7 Å². The first-order valence-electron chi connectivity index (χ1n) is 5.06. The van der Waals surface area contributed by atoms with Crippen LogP contribution in [0, 0.1) is 5.92 Å². The molecule has 4 heteroatoms. The van der Waals surface area contributed by atoms with Crippen LogP contribution in [-0.2, 0) is 0 Å². The van der Waals surface area contributed by atoms with Crippen LogP contribution in [0.4, 0.5) is 0 Å². The molecule has 0 amide bonds. The second-order valence-corrected chi connectivity index (χ2v) is 4.69. The van der Waals surface area contributed by atoms with Gasteiger partial charge >= 0.3 is 0 Å². The fourth-order valence-corrected chi connectivity index (χ4v) is 1.38. The summed E-state index contributed by atoms with van der Waals surface area (Å²) in [5.74, 6) is 0.314. The molecule has 0 bridgehead atoms. The van der Waals surface area contributed by atoms with E-state index in [9.17, 15) is 0 Å². The summed E-state index contributed by atoms with van der Waals surface area (Å²) in [6.45, 7) is 5.27. The summed E-state index contributed by atoms with van der Waals surface area (Å²) < 4.78 is 0. The van der Waals surface area contributed by atoms with Crippen molar-refractivity contribution in [2.75, 3.05) is 40.8 Å². The van der Waals surface area contributed by atoms with Crippen LogP contribution < -0.4 is 5.73 Å². The maximum Gasteiger partial charge on any atom is 0.0768 e. The molecule has 0 aliphatic carbocycles. The van der Waals surface area contributed by atoms with Gasteiger partial charge in [0.1, 0.15) is 0 Å². The van der Waals surface area contributed by atoms with E-state index in [1.54, 1.807) is 0 Å². The third-order valence-electron chi connectivity index (χ3n) is 2.22. The smallest absolute Gasteiger partial charge is 0.0768 e. The van der Waals surface area contributed by atoms with E-state index in [0.29, 0.717) is 10.9 Å². The Morgan fingerprint density at radius 1 is 1.29 bits per heavy atom. The molecule has 3 nitrogen and oxygen atoms in total. The monoisotopic (exact) mass is 217 g/mol. The molecule has 0 spiro atoms. The summed E-state index contributed by atoms with van der Waals surface area (Å²) >= 11 is 4.93. The lowest BCUT2D eigenvalue weighted by molar-refractivity contribution is 0.288. The highest BCUT2D eigenvalue weighted by atomic mass is 32.1. The van der Waals surface area contributed by atoms with Gasteiger partial charge in [-0.15, -0.1) is 0 Å². The summed E-state index contributed by atoms with van der Waals surface area (Å²) in [4.78, 5) is 5.10. The van der Waals surface area contributed by atoms with Gasteiger partial charge in [-0.3, -0.25) is 0 Å². The first-order chi connectivity index (χ1) is 6.43. The molecule has 14 heavy (non-hydrogen) atoms. The van der Waals surface area contributed by atoms with Crippen molar-refractivity contribution in [3.63, 3.8) is 0 Å². The molecule has 0 saturated heterocycles. The molecule has 0 radical (unpaired) electrons. The highest BCUT2D eigenvalue weighted by Gasteiger charge is 2.08. The molecule has 84 valence electrons. The summed E-state index contributed by atoms with van der Waals surface area (Å²) in [5, 5.41) is 0. The SMILES string of the molecule is CC(CN(C)CCCN(C)C)C(N)=S. The summed E-state index contributed by atoms with van der Waals surface area (Å²) in [7, 11) is 6.31. The van der Waals surface area contributed by atoms with E-state index in [0.717, 1.165) is 19.6 Å². The second kappa shape index (κ2) is 7.15. The molecule has 0 fully saturated rings. The van der Waals surface area contributed by atoms with Gasteiger partial charge < -0.3 is 15.5 Å². The number of nitrogens with zero attached hydrogens (tertiary/aromatic N) is 2. The Morgan fingerprint density at radius 3 is 2.29 bits per heavy atom. The lowest BCUT2D eigenvalue weighted by Gasteiger charge is -2.21. The molecule has 0 saturated carbocycles. The fraction of sp³-hybridized carbons (Fsp3) is 0.900. The van der Waals surface area contributed by atoms with E-state index in [-0.39, 0.29) is 0 Å². The van der Waals surface area contributed by atoms with Crippen LogP contribution in [0.1, 0.15) is 13.3 Å². The molecule has 0 rings (SSSR count). The van der Waals surface area contributed by atoms with Gasteiger partial charge in [-0.25, -0.2) is 0 Å². The lowest BCUT2D eigenvalue weighted by atomic mass is 10.1. The zero-order chi connectivity index (χ0) is 11.1. The van der Waals surface area contributed by atoms with Crippen LogP contribution in [0.5, 0.6) is 0 Å². The van der Waals surface area contributed by atoms with E-state index < -0.39 is 0 Å². The Labute approximate surface area is 93.2 Å². The van der Waals surface area contributed by atoms with Crippen molar-refractivity contribution in [3.8, 4) is 0 Å². The lowest BCUT2D eigenvalue weighted by Crippen LogP contribution is -2.32. The summed E-state index contributed by atoms with van der Waals surface area (Å²) in [6, 6.07) is 0.